The van der Waals surface area contributed by atoms with E-state index in [0.29, 0.717) is 40.6 Å². The van der Waals surface area contributed by atoms with Crippen molar-refractivity contribution in [2.45, 2.75) is 59.0 Å². The summed E-state index contributed by atoms with van der Waals surface area (Å²) in [7, 11) is 0. The topological polar surface area (TPSA) is 126 Å². The van der Waals surface area contributed by atoms with Gasteiger partial charge in [0.2, 0.25) is 17.5 Å². The first kappa shape index (κ1) is 22.1. The average Bonchev–Trinajstić information content (AvgIpc) is 3.45. The number of nitrogens with zero attached hydrogens (tertiary/aromatic N) is 4. The van der Waals surface area contributed by atoms with Crippen molar-refractivity contribution in [3.05, 3.63) is 33.5 Å². The number of aromatic amines is 1. The van der Waals surface area contributed by atoms with Crippen molar-refractivity contribution in [1.29, 1.82) is 5.26 Å². The van der Waals surface area contributed by atoms with Gasteiger partial charge in [0.05, 0.1) is 30.9 Å². The Balaban J connectivity index is 1.54. The van der Waals surface area contributed by atoms with Gasteiger partial charge in [0.15, 0.2) is 0 Å². The van der Waals surface area contributed by atoms with Gasteiger partial charge < -0.3 is 11.5 Å². The lowest BCUT2D eigenvalue weighted by atomic mass is 9.65. The smallest absolute Gasteiger partial charge is 0.240 e. The second-order valence-corrected chi connectivity index (χ2v) is 12.5. The number of nitrogen functional groups attached to an aromatic ring is 2. The van der Waals surface area contributed by atoms with E-state index in [9.17, 15) is 10.1 Å². The highest BCUT2D eigenvalue weighted by atomic mass is 32.1. The molecule has 1 saturated heterocycles. The van der Waals surface area contributed by atoms with Gasteiger partial charge >= 0.3 is 0 Å². The number of hydrogen-bond acceptors (Lipinski definition) is 7. The van der Waals surface area contributed by atoms with Crippen molar-refractivity contribution in [3.8, 4) is 6.07 Å². The molecule has 8 nitrogen and oxygen atoms in total. The fourth-order valence-electron chi connectivity index (χ4n) is 7.07. The van der Waals surface area contributed by atoms with Crippen LogP contribution in [-0.4, -0.2) is 23.5 Å². The summed E-state index contributed by atoms with van der Waals surface area (Å²) in [4.78, 5) is 26.1. The van der Waals surface area contributed by atoms with Crippen molar-refractivity contribution in [2.75, 3.05) is 27.8 Å². The lowest BCUT2D eigenvalue weighted by Gasteiger charge is -2.38. The molecule has 0 unspecified atom stereocenters. The molecule has 3 aromatic rings. The quantitative estimate of drug-likeness (QED) is 0.580. The third kappa shape index (κ3) is 3.34. The van der Waals surface area contributed by atoms with E-state index in [1.54, 1.807) is 16.2 Å². The highest BCUT2D eigenvalue weighted by Gasteiger charge is 2.53. The lowest BCUT2D eigenvalue weighted by molar-refractivity contribution is -0.345. The Hall–Kier alpha value is -3.38. The SMILES string of the molecule is CC1(C)C[C@@H]2C[C@@](C)(CN2c2[nH+]c(N)c3c(N)nc4c(c3c2C#N)CC(=O)N4Cc2cccs2)C1. The van der Waals surface area contributed by atoms with E-state index in [0.717, 1.165) is 42.1 Å². The number of nitrogens with two attached hydrogens (primary N) is 2. The molecule has 2 fully saturated rings. The number of hydrogen-bond donors (Lipinski definition) is 2. The maximum Gasteiger partial charge on any atom is 0.240 e. The van der Waals surface area contributed by atoms with Crippen molar-refractivity contribution in [2.24, 2.45) is 10.8 Å². The van der Waals surface area contributed by atoms with E-state index in [2.05, 4.69) is 41.7 Å². The first-order valence-corrected chi connectivity index (χ1v) is 12.9. The standard InChI is InChI=1S/C26H29N7OS/c1-25(2)8-14-9-26(3,12-25)13-33(14)24-17(10-27)19-16-7-18(34)32(11-15-5-4-6-35-15)23(16)30-21(28)20(19)22(29)31-24/h4-6,14H,7-9,11-13H2,1-3H3,(H2,28,30)(H2,29,31)/p+1/t14-,26-/m1/s1. The molecule has 1 aliphatic carbocycles. The molecule has 2 atom stereocenters. The Labute approximate surface area is 208 Å². The number of nitriles is 1. The summed E-state index contributed by atoms with van der Waals surface area (Å²) < 4.78 is 0. The molecule has 2 aliphatic heterocycles. The van der Waals surface area contributed by atoms with Crippen molar-refractivity contribution >= 4 is 51.3 Å². The summed E-state index contributed by atoms with van der Waals surface area (Å²) in [5, 5.41) is 13.6. The summed E-state index contributed by atoms with van der Waals surface area (Å²) >= 11 is 1.59. The minimum absolute atomic E-state index is 0.0454. The van der Waals surface area contributed by atoms with Gasteiger partial charge in [-0.15, -0.1) is 11.3 Å². The van der Waals surface area contributed by atoms with Gasteiger partial charge in [-0.2, -0.15) is 5.26 Å². The Morgan fingerprint density at radius 3 is 2.80 bits per heavy atom. The number of pyridine rings is 2. The van der Waals surface area contributed by atoms with Crippen LogP contribution < -0.4 is 26.3 Å². The highest BCUT2D eigenvalue weighted by molar-refractivity contribution is 7.09. The van der Waals surface area contributed by atoms with Crippen LogP contribution in [0.25, 0.3) is 10.8 Å². The molecule has 0 aromatic carbocycles. The maximum absolute atomic E-state index is 13.1. The number of carbonyl (C=O) groups excluding carboxylic acids is 1. The number of H-pyrrole nitrogens is 1. The molecule has 180 valence electrons. The van der Waals surface area contributed by atoms with E-state index < -0.39 is 0 Å². The second kappa shape index (κ2) is 7.31. The number of carbonyl (C=O) groups is 1. The van der Waals surface area contributed by atoms with Crippen LogP contribution in [0.2, 0.25) is 0 Å². The monoisotopic (exact) mass is 488 g/mol. The predicted molar refractivity (Wildman–Crippen MR) is 138 cm³/mol. The van der Waals surface area contributed by atoms with Gasteiger partial charge in [0.25, 0.3) is 0 Å². The molecule has 5 heterocycles. The molecule has 1 saturated carbocycles. The molecule has 1 amide bonds. The van der Waals surface area contributed by atoms with Crippen LogP contribution in [0.5, 0.6) is 0 Å². The van der Waals surface area contributed by atoms with Crippen LogP contribution in [0, 0.1) is 22.2 Å². The van der Waals surface area contributed by atoms with E-state index in [4.69, 9.17) is 11.5 Å². The van der Waals surface area contributed by atoms with Gasteiger partial charge in [-0.05, 0) is 36.1 Å². The summed E-state index contributed by atoms with van der Waals surface area (Å²) in [6.07, 6.45) is 3.48. The van der Waals surface area contributed by atoms with Crippen molar-refractivity contribution in [1.82, 2.24) is 4.98 Å². The zero-order valence-electron chi connectivity index (χ0n) is 20.3. The zero-order chi connectivity index (χ0) is 24.7. The number of rotatable bonds is 3. The zero-order valence-corrected chi connectivity index (χ0v) is 21.1. The number of thiophene rings is 1. The highest BCUT2D eigenvalue weighted by Crippen LogP contribution is 2.54. The fraction of sp³-hybridized carbons (Fsp3) is 0.462. The van der Waals surface area contributed by atoms with Crippen LogP contribution >= 0.6 is 11.3 Å². The molecule has 2 bridgehead atoms. The number of amides is 1. The third-order valence-electron chi connectivity index (χ3n) is 7.91. The van der Waals surface area contributed by atoms with Gasteiger partial charge in [0.1, 0.15) is 23.3 Å². The van der Waals surface area contributed by atoms with E-state index >= 15 is 0 Å². The summed E-state index contributed by atoms with van der Waals surface area (Å²) in [6, 6.07) is 6.74. The lowest BCUT2D eigenvalue weighted by Crippen LogP contribution is -2.37. The molecule has 0 spiro atoms. The number of aromatic nitrogens is 2. The fourth-order valence-corrected chi connectivity index (χ4v) is 7.76. The van der Waals surface area contributed by atoms with Gasteiger partial charge in [0, 0.05) is 21.2 Å². The van der Waals surface area contributed by atoms with Crippen LogP contribution in [0.15, 0.2) is 17.5 Å². The Kier molecular flexibility index (Phi) is 4.62. The van der Waals surface area contributed by atoms with Crippen molar-refractivity contribution < 1.29 is 9.78 Å². The minimum atomic E-state index is -0.0454. The maximum atomic E-state index is 13.1. The summed E-state index contributed by atoms with van der Waals surface area (Å²) in [6.45, 7) is 8.31. The Morgan fingerprint density at radius 1 is 1.29 bits per heavy atom. The molecule has 3 aliphatic rings. The number of fused-ring (bicyclic) bond motifs is 5. The molecular formula is C26H30N7OS+. The van der Waals surface area contributed by atoms with Gasteiger partial charge in [-0.25, -0.2) is 9.97 Å². The molecule has 0 radical (unpaired) electrons. The normalized spacial score (nSPS) is 24.7. The number of anilines is 4. The summed E-state index contributed by atoms with van der Waals surface area (Å²) in [5.41, 5.74) is 14.6. The molecule has 9 heteroatoms. The van der Waals surface area contributed by atoms with Gasteiger partial charge in [-0.3, -0.25) is 14.6 Å². The van der Waals surface area contributed by atoms with Crippen LogP contribution in [0.3, 0.4) is 0 Å². The minimum Gasteiger partial charge on any atom is -0.383 e. The largest absolute Gasteiger partial charge is 0.383 e. The van der Waals surface area contributed by atoms with Crippen LogP contribution in [0.4, 0.5) is 23.3 Å². The second-order valence-electron chi connectivity index (χ2n) is 11.5. The molecule has 5 N–H and O–H groups in total. The van der Waals surface area contributed by atoms with E-state index in [1.165, 1.54) is 0 Å². The van der Waals surface area contributed by atoms with Crippen LogP contribution in [0.1, 0.15) is 56.0 Å². The molecule has 6 rings (SSSR count). The first-order chi connectivity index (χ1) is 16.6. The van der Waals surface area contributed by atoms with Gasteiger partial charge in [-0.1, -0.05) is 26.8 Å². The first-order valence-electron chi connectivity index (χ1n) is 12.1. The molecular weight excluding hydrogens is 458 g/mol. The van der Waals surface area contributed by atoms with Crippen LogP contribution in [-0.2, 0) is 17.8 Å². The van der Waals surface area contributed by atoms with E-state index in [1.807, 2.05) is 17.5 Å². The van der Waals surface area contributed by atoms with E-state index in [-0.39, 0.29) is 29.0 Å². The average molecular weight is 489 g/mol. The molecule has 35 heavy (non-hydrogen) atoms. The predicted octanol–water partition coefficient (Wildman–Crippen LogP) is 3.64. The van der Waals surface area contributed by atoms with Crippen molar-refractivity contribution in [3.63, 3.8) is 0 Å². The Morgan fingerprint density at radius 2 is 2.09 bits per heavy atom. The summed E-state index contributed by atoms with van der Waals surface area (Å²) in [5.74, 6) is 1.85. The Bertz CT molecular complexity index is 1420. The third-order valence-corrected chi connectivity index (χ3v) is 8.77. The molecule has 3 aromatic heterocycles. The number of nitrogens with one attached hydrogen (secondary N) is 1.